The predicted molar refractivity (Wildman–Crippen MR) is 77.1 cm³/mol. The Morgan fingerprint density at radius 3 is 2.58 bits per heavy atom. The molecule has 0 bridgehead atoms. The van der Waals surface area contributed by atoms with Crippen molar-refractivity contribution < 1.29 is 13.5 Å². The fourth-order valence-electron chi connectivity index (χ4n) is 3.10. The van der Waals surface area contributed by atoms with E-state index in [-0.39, 0.29) is 0 Å². The Bertz CT molecular complexity index is 577. The molecule has 1 aliphatic carbocycles. The number of hydrogen-bond donors (Lipinski definition) is 1. The van der Waals surface area contributed by atoms with Crippen LogP contribution in [0.25, 0.3) is 0 Å². The average Bonchev–Trinajstić information content (AvgIpc) is 2.65. The van der Waals surface area contributed by atoms with Gasteiger partial charge in [-0.25, -0.2) is 8.42 Å². The fourth-order valence-corrected chi connectivity index (χ4v) is 4.70. The molecule has 0 heterocycles. The monoisotopic (exact) mass is 282 g/mol. The first-order valence-electron chi connectivity index (χ1n) is 6.70. The predicted octanol–water partition coefficient (Wildman–Crippen LogP) is 2.17. The van der Waals surface area contributed by atoms with Gasteiger partial charge < -0.3 is 5.11 Å². The Morgan fingerprint density at radius 2 is 2.00 bits per heavy atom. The maximum Gasteiger partial charge on any atom is 0.153 e. The zero-order chi connectivity index (χ0) is 14.3. The van der Waals surface area contributed by atoms with Crippen molar-refractivity contribution in [1.29, 1.82) is 0 Å². The molecule has 1 aromatic rings. The molecule has 0 amide bonds. The third kappa shape index (κ3) is 3.00. The molecule has 0 saturated heterocycles. The largest absolute Gasteiger partial charge is 0.388 e. The van der Waals surface area contributed by atoms with Gasteiger partial charge in [0.15, 0.2) is 9.84 Å². The van der Waals surface area contributed by atoms with E-state index in [4.69, 9.17) is 0 Å². The van der Waals surface area contributed by atoms with Gasteiger partial charge in [-0.1, -0.05) is 18.2 Å². The highest BCUT2D eigenvalue weighted by atomic mass is 32.2. The van der Waals surface area contributed by atoms with Gasteiger partial charge in [0.05, 0.1) is 10.9 Å². The summed E-state index contributed by atoms with van der Waals surface area (Å²) in [5.74, 6) is 0. The van der Waals surface area contributed by atoms with Crippen LogP contribution in [-0.4, -0.2) is 30.6 Å². The van der Waals surface area contributed by atoms with Crippen LogP contribution in [0, 0.1) is 13.8 Å². The zero-order valence-electron chi connectivity index (χ0n) is 11.8. The fraction of sp³-hybridized carbons (Fsp3) is 0.600. The molecule has 4 heteroatoms. The molecule has 0 radical (unpaired) electrons. The lowest BCUT2D eigenvalue weighted by atomic mass is 9.91. The number of aliphatic hydroxyl groups is 1. The molecule has 0 aromatic heterocycles. The highest BCUT2D eigenvalue weighted by Crippen LogP contribution is 2.37. The highest BCUT2D eigenvalue weighted by Gasteiger charge is 2.46. The van der Waals surface area contributed by atoms with Gasteiger partial charge in [0.2, 0.25) is 0 Å². The number of sulfone groups is 1. The lowest BCUT2D eigenvalue weighted by Crippen LogP contribution is -2.44. The third-order valence-electron chi connectivity index (χ3n) is 4.27. The normalized spacial score (nSPS) is 27.7. The van der Waals surface area contributed by atoms with Gasteiger partial charge in [0, 0.05) is 12.7 Å². The van der Waals surface area contributed by atoms with Gasteiger partial charge in [-0.05, 0) is 49.8 Å². The van der Waals surface area contributed by atoms with Crippen molar-refractivity contribution in [2.45, 2.75) is 50.4 Å². The van der Waals surface area contributed by atoms with Gasteiger partial charge in [-0.15, -0.1) is 0 Å². The Hall–Kier alpha value is -0.870. The summed E-state index contributed by atoms with van der Waals surface area (Å²) >= 11 is 0. The minimum absolute atomic E-state index is 0.422. The minimum atomic E-state index is -3.20. The number of benzene rings is 1. The van der Waals surface area contributed by atoms with Gasteiger partial charge >= 0.3 is 0 Å². The van der Waals surface area contributed by atoms with Crippen molar-refractivity contribution in [3.8, 4) is 0 Å². The van der Waals surface area contributed by atoms with E-state index in [0.717, 1.165) is 12.0 Å². The second kappa shape index (κ2) is 4.91. The second-order valence-electron chi connectivity index (χ2n) is 5.91. The number of rotatable bonds is 3. The summed E-state index contributed by atoms with van der Waals surface area (Å²) in [7, 11) is -3.20. The second-order valence-corrected chi connectivity index (χ2v) is 8.14. The van der Waals surface area contributed by atoms with E-state index in [1.807, 2.05) is 32.0 Å². The van der Waals surface area contributed by atoms with Crippen LogP contribution in [0.5, 0.6) is 0 Å². The molecule has 2 unspecified atom stereocenters. The Morgan fingerprint density at radius 1 is 1.32 bits per heavy atom. The van der Waals surface area contributed by atoms with Crippen LogP contribution in [0.15, 0.2) is 18.2 Å². The Kier molecular flexibility index (Phi) is 3.76. The lowest BCUT2D eigenvalue weighted by Gasteiger charge is -2.29. The first-order chi connectivity index (χ1) is 8.72. The average molecular weight is 282 g/mol. The van der Waals surface area contributed by atoms with Crippen molar-refractivity contribution >= 4 is 9.84 Å². The van der Waals surface area contributed by atoms with Crippen LogP contribution in [0.2, 0.25) is 0 Å². The molecule has 1 N–H and O–H groups in total. The van der Waals surface area contributed by atoms with Crippen LogP contribution >= 0.6 is 0 Å². The van der Waals surface area contributed by atoms with Crippen LogP contribution in [-0.2, 0) is 16.3 Å². The topological polar surface area (TPSA) is 54.4 Å². The molecule has 1 aliphatic rings. The van der Waals surface area contributed by atoms with Crippen molar-refractivity contribution in [3.63, 3.8) is 0 Å². The summed E-state index contributed by atoms with van der Waals surface area (Å²) in [6, 6.07) is 6.06. The molecule has 0 aliphatic heterocycles. The first-order valence-corrected chi connectivity index (χ1v) is 8.65. The smallest absolute Gasteiger partial charge is 0.153 e. The first kappa shape index (κ1) is 14.5. The molecule has 3 nitrogen and oxygen atoms in total. The molecule has 1 saturated carbocycles. The molecule has 2 atom stereocenters. The molecule has 106 valence electrons. The molecule has 1 aromatic carbocycles. The van der Waals surface area contributed by atoms with Crippen LogP contribution in [0.3, 0.4) is 0 Å². The molecule has 2 rings (SSSR count). The van der Waals surface area contributed by atoms with E-state index in [1.165, 1.54) is 17.4 Å². The maximum absolute atomic E-state index is 11.8. The standard InChI is InChI=1S/C15H22O3S/c1-11-6-7-13(9-12(11)2)10-15(16)8-4-5-14(15)19(3,17)18/h6-7,9,14,16H,4-5,8,10H2,1-3H3. The van der Waals surface area contributed by atoms with E-state index in [0.29, 0.717) is 19.3 Å². The summed E-state index contributed by atoms with van der Waals surface area (Å²) in [5, 5.41) is 10.1. The van der Waals surface area contributed by atoms with E-state index in [2.05, 4.69) is 0 Å². The molecule has 19 heavy (non-hydrogen) atoms. The van der Waals surface area contributed by atoms with Crippen molar-refractivity contribution in [3.05, 3.63) is 34.9 Å². The summed E-state index contributed by atoms with van der Waals surface area (Å²) in [6.07, 6.45) is 3.57. The summed E-state index contributed by atoms with van der Waals surface area (Å²) < 4.78 is 23.6. The molecular formula is C15H22O3S. The van der Waals surface area contributed by atoms with E-state index in [9.17, 15) is 13.5 Å². The molecule has 0 spiro atoms. The third-order valence-corrected chi connectivity index (χ3v) is 5.98. The van der Waals surface area contributed by atoms with Gasteiger partial charge in [0.1, 0.15) is 0 Å². The van der Waals surface area contributed by atoms with E-state index in [1.54, 1.807) is 0 Å². The van der Waals surface area contributed by atoms with Crippen LogP contribution < -0.4 is 0 Å². The Balaban J connectivity index is 2.28. The summed E-state index contributed by atoms with van der Waals surface area (Å²) in [5.41, 5.74) is 2.30. The minimum Gasteiger partial charge on any atom is -0.388 e. The van der Waals surface area contributed by atoms with Gasteiger partial charge in [-0.3, -0.25) is 0 Å². The number of aryl methyl sites for hydroxylation is 2. The van der Waals surface area contributed by atoms with Crippen LogP contribution in [0.4, 0.5) is 0 Å². The SMILES string of the molecule is Cc1ccc(CC2(O)CCCC2S(C)(=O)=O)cc1C. The van der Waals surface area contributed by atoms with E-state index < -0.39 is 20.7 Å². The molecule has 1 fully saturated rings. The quantitative estimate of drug-likeness (QED) is 0.924. The maximum atomic E-state index is 11.8. The van der Waals surface area contributed by atoms with Crippen molar-refractivity contribution in [2.24, 2.45) is 0 Å². The van der Waals surface area contributed by atoms with Gasteiger partial charge in [-0.2, -0.15) is 0 Å². The van der Waals surface area contributed by atoms with Gasteiger partial charge in [0.25, 0.3) is 0 Å². The zero-order valence-corrected chi connectivity index (χ0v) is 12.6. The summed E-state index contributed by atoms with van der Waals surface area (Å²) in [4.78, 5) is 0. The lowest BCUT2D eigenvalue weighted by molar-refractivity contribution is 0.0512. The van der Waals surface area contributed by atoms with Crippen molar-refractivity contribution in [2.75, 3.05) is 6.26 Å². The highest BCUT2D eigenvalue weighted by molar-refractivity contribution is 7.91. The Labute approximate surface area is 115 Å². The van der Waals surface area contributed by atoms with Crippen LogP contribution in [0.1, 0.15) is 36.0 Å². The molecular weight excluding hydrogens is 260 g/mol. The number of hydrogen-bond acceptors (Lipinski definition) is 3. The van der Waals surface area contributed by atoms with E-state index >= 15 is 0 Å². The summed E-state index contributed by atoms with van der Waals surface area (Å²) in [6.45, 7) is 4.08. The van der Waals surface area contributed by atoms with Crippen molar-refractivity contribution in [1.82, 2.24) is 0 Å².